The van der Waals surface area contributed by atoms with Crippen LogP contribution in [0.5, 0.6) is 0 Å². The molecule has 1 aromatic rings. The lowest BCUT2D eigenvalue weighted by atomic mass is 10.1. The quantitative estimate of drug-likeness (QED) is 0.679. The zero-order valence-corrected chi connectivity index (χ0v) is 11.4. The number of amides is 1. The predicted molar refractivity (Wildman–Crippen MR) is 76.8 cm³/mol. The number of carbonyl (C=O) groups excluding carboxylic acids is 1. The lowest BCUT2D eigenvalue weighted by Gasteiger charge is -2.39. The number of hydrogen-bond donors (Lipinski definition) is 3. The van der Waals surface area contributed by atoms with Crippen LogP contribution in [0, 0.1) is 0 Å². The number of nitrogens with zero attached hydrogens (tertiary/aromatic N) is 1. The number of morpholine rings is 1. The van der Waals surface area contributed by atoms with Crippen molar-refractivity contribution in [1.82, 2.24) is 0 Å². The summed E-state index contributed by atoms with van der Waals surface area (Å²) in [5.41, 5.74) is 9.45. The minimum atomic E-state index is -0.201. The number of nitrogens with two attached hydrogens (primary N) is 1. The van der Waals surface area contributed by atoms with E-state index in [2.05, 4.69) is 17.1 Å². The van der Waals surface area contributed by atoms with Gasteiger partial charge < -0.3 is 25.8 Å². The summed E-state index contributed by atoms with van der Waals surface area (Å²) in [6.07, 6.45) is 0.186. The summed E-state index contributed by atoms with van der Waals surface area (Å²) in [5.74, 6) is -0.000175. The summed E-state index contributed by atoms with van der Waals surface area (Å²) >= 11 is 0. The maximum absolute atomic E-state index is 11.4. The molecular formula is C14H19N3O3. The average molecular weight is 277 g/mol. The SMILES string of the molecule is CC1COC(CO)CN1c1cc2c(cc1N)CC(=O)N2. The Balaban J connectivity index is 1.93. The van der Waals surface area contributed by atoms with Gasteiger partial charge in [-0.05, 0) is 24.6 Å². The molecule has 3 rings (SSSR count). The van der Waals surface area contributed by atoms with Gasteiger partial charge in [0.1, 0.15) is 0 Å². The van der Waals surface area contributed by atoms with E-state index >= 15 is 0 Å². The summed E-state index contributed by atoms with van der Waals surface area (Å²) in [6.45, 7) is 3.19. The van der Waals surface area contributed by atoms with Gasteiger partial charge in [-0.15, -0.1) is 0 Å². The van der Waals surface area contributed by atoms with Crippen LogP contribution in [-0.4, -0.2) is 42.9 Å². The van der Waals surface area contributed by atoms with Crippen molar-refractivity contribution in [2.24, 2.45) is 0 Å². The van der Waals surface area contributed by atoms with Crippen molar-refractivity contribution in [3.8, 4) is 0 Å². The molecule has 2 atom stereocenters. The van der Waals surface area contributed by atoms with Crippen molar-refractivity contribution in [2.75, 3.05) is 35.7 Å². The molecule has 0 bridgehead atoms. The molecule has 0 aliphatic carbocycles. The third-order valence-electron chi connectivity index (χ3n) is 3.90. The van der Waals surface area contributed by atoms with Crippen molar-refractivity contribution in [3.05, 3.63) is 17.7 Å². The van der Waals surface area contributed by atoms with Crippen molar-refractivity contribution >= 4 is 23.0 Å². The molecule has 6 heteroatoms. The van der Waals surface area contributed by atoms with Gasteiger partial charge in [-0.1, -0.05) is 0 Å². The van der Waals surface area contributed by atoms with Crippen LogP contribution >= 0.6 is 0 Å². The van der Waals surface area contributed by atoms with Crippen molar-refractivity contribution in [3.63, 3.8) is 0 Å². The number of carbonyl (C=O) groups is 1. The number of nitrogen functional groups attached to an aromatic ring is 1. The Labute approximate surface area is 117 Å². The number of ether oxygens (including phenoxy) is 1. The lowest BCUT2D eigenvalue weighted by Crippen LogP contribution is -2.49. The molecule has 2 aliphatic rings. The van der Waals surface area contributed by atoms with E-state index in [9.17, 15) is 9.90 Å². The van der Waals surface area contributed by atoms with Crippen LogP contribution in [-0.2, 0) is 16.0 Å². The average Bonchev–Trinajstić information content (AvgIpc) is 2.78. The van der Waals surface area contributed by atoms with Gasteiger partial charge in [0.05, 0.1) is 37.1 Å². The molecule has 20 heavy (non-hydrogen) atoms. The van der Waals surface area contributed by atoms with Gasteiger partial charge in [0.25, 0.3) is 0 Å². The smallest absolute Gasteiger partial charge is 0.228 e. The van der Waals surface area contributed by atoms with Crippen molar-refractivity contribution in [1.29, 1.82) is 0 Å². The Morgan fingerprint density at radius 3 is 3.10 bits per heavy atom. The first-order valence-corrected chi connectivity index (χ1v) is 6.80. The van der Waals surface area contributed by atoms with Gasteiger partial charge in [0.2, 0.25) is 5.91 Å². The fourth-order valence-corrected chi connectivity index (χ4v) is 2.79. The molecule has 6 nitrogen and oxygen atoms in total. The first-order chi connectivity index (χ1) is 9.58. The Bertz CT molecular complexity index is 547. The molecule has 1 aromatic carbocycles. The van der Waals surface area contributed by atoms with Crippen LogP contribution < -0.4 is 16.0 Å². The molecular weight excluding hydrogens is 258 g/mol. The summed E-state index contributed by atoms with van der Waals surface area (Å²) < 4.78 is 5.54. The van der Waals surface area contributed by atoms with Gasteiger partial charge >= 0.3 is 0 Å². The number of rotatable bonds is 2. The Morgan fingerprint density at radius 2 is 2.35 bits per heavy atom. The largest absolute Gasteiger partial charge is 0.397 e. The number of fused-ring (bicyclic) bond motifs is 1. The lowest BCUT2D eigenvalue weighted by molar-refractivity contribution is -0.115. The third kappa shape index (κ3) is 2.21. The summed E-state index contributed by atoms with van der Waals surface area (Å²) in [5, 5.41) is 12.1. The maximum Gasteiger partial charge on any atom is 0.228 e. The van der Waals surface area contributed by atoms with Crippen LogP contribution in [0.2, 0.25) is 0 Å². The van der Waals surface area contributed by atoms with E-state index in [4.69, 9.17) is 10.5 Å². The van der Waals surface area contributed by atoms with Crippen LogP contribution in [0.15, 0.2) is 12.1 Å². The molecule has 0 radical (unpaired) electrons. The zero-order chi connectivity index (χ0) is 14.3. The highest BCUT2D eigenvalue weighted by Crippen LogP contribution is 2.35. The Hall–Kier alpha value is -1.79. The zero-order valence-electron chi connectivity index (χ0n) is 11.4. The van der Waals surface area contributed by atoms with Crippen molar-refractivity contribution in [2.45, 2.75) is 25.5 Å². The van der Waals surface area contributed by atoms with Gasteiger partial charge in [0.15, 0.2) is 0 Å². The molecule has 0 spiro atoms. The van der Waals surface area contributed by atoms with E-state index in [1.807, 2.05) is 12.1 Å². The first kappa shape index (κ1) is 13.2. The monoisotopic (exact) mass is 277 g/mol. The molecule has 1 amide bonds. The summed E-state index contributed by atoms with van der Waals surface area (Å²) in [4.78, 5) is 13.6. The molecule has 108 valence electrons. The second kappa shape index (κ2) is 4.96. The van der Waals surface area contributed by atoms with E-state index in [1.54, 1.807) is 0 Å². The first-order valence-electron chi connectivity index (χ1n) is 6.80. The van der Waals surface area contributed by atoms with Crippen molar-refractivity contribution < 1.29 is 14.6 Å². The predicted octanol–water partition coefficient (Wildman–Crippen LogP) is 0.349. The van der Waals surface area contributed by atoms with E-state index in [0.717, 1.165) is 16.9 Å². The second-order valence-electron chi connectivity index (χ2n) is 5.43. The Morgan fingerprint density at radius 1 is 1.55 bits per heavy atom. The van der Waals surface area contributed by atoms with E-state index < -0.39 is 0 Å². The van der Waals surface area contributed by atoms with Crippen LogP contribution in [0.3, 0.4) is 0 Å². The topological polar surface area (TPSA) is 87.8 Å². The van der Waals surface area contributed by atoms with Crippen LogP contribution in [0.4, 0.5) is 17.1 Å². The number of aliphatic hydroxyl groups excluding tert-OH is 1. The maximum atomic E-state index is 11.4. The summed E-state index contributed by atoms with van der Waals surface area (Å²) in [6, 6.07) is 3.96. The fourth-order valence-electron chi connectivity index (χ4n) is 2.79. The molecule has 1 fully saturated rings. The second-order valence-corrected chi connectivity index (χ2v) is 5.43. The number of benzene rings is 1. The van der Waals surface area contributed by atoms with E-state index in [0.29, 0.717) is 25.3 Å². The molecule has 1 saturated heterocycles. The van der Waals surface area contributed by atoms with E-state index in [-0.39, 0.29) is 24.7 Å². The highest BCUT2D eigenvalue weighted by Gasteiger charge is 2.29. The Kier molecular flexibility index (Phi) is 3.27. The number of anilines is 3. The van der Waals surface area contributed by atoms with Gasteiger partial charge in [0, 0.05) is 18.3 Å². The number of hydrogen-bond acceptors (Lipinski definition) is 5. The normalized spacial score (nSPS) is 25.5. The standard InChI is InChI=1S/C14H19N3O3/c1-8-7-20-10(6-18)5-17(8)13-4-12-9(2-11(13)15)3-14(19)16-12/h2,4,8,10,18H,3,5-7,15H2,1H3,(H,16,19). The molecule has 0 saturated carbocycles. The van der Waals surface area contributed by atoms with Gasteiger partial charge in [-0.2, -0.15) is 0 Å². The minimum Gasteiger partial charge on any atom is -0.397 e. The molecule has 2 aliphatic heterocycles. The van der Waals surface area contributed by atoms with Crippen LogP contribution in [0.1, 0.15) is 12.5 Å². The molecule has 4 N–H and O–H groups in total. The van der Waals surface area contributed by atoms with Gasteiger partial charge in [-0.3, -0.25) is 4.79 Å². The minimum absolute atomic E-state index is 0.000175. The van der Waals surface area contributed by atoms with Gasteiger partial charge in [-0.25, -0.2) is 0 Å². The number of nitrogens with one attached hydrogen (secondary N) is 1. The highest BCUT2D eigenvalue weighted by molar-refractivity contribution is 6.01. The number of aliphatic hydroxyl groups is 1. The molecule has 0 aromatic heterocycles. The highest BCUT2D eigenvalue weighted by atomic mass is 16.5. The fraction of sp³-hybridized carbons (Fsp3) is 0.500. The van der Waals surface area contributed by atoms with Crippen LogP contribution in [0.25, 0.3) is 0 Å². The third-order valence-corrected chi connectivity index (χ3v) is 3.90. The van der Waals surface area contributed by atoms with E-state index in [1.165, 1.54) is 0 Å². The molecule has 2 heterocycles. The molecule has 2 unspecified atom stereocenters. The summed E-state index contributed by atoms with van der Waals surface area (Å²) in [7, 11) is 0.